The van der Waals surface area contributed by atoms with Gasteiger partial charge in [-0.25, -0.2) is 19.1 Å². The number of hydrogen-bond donors (Lipinski definition) is 1. The summed E-state index contributed by atoms with van der Waals surface area (Å²) in [6, 6.07) is 8.50. The summed E-state index contributed by atoms with van der Waals surface area (Å²) in [6.07, 6.45) is -2.53. The van der Waals surface area contributed by atoms with E-state index in [0.29, 0.717) is 5.69 Å². The second-order valence-corrected chi connectivity index (χ2v) is 7.32. The monoisotopic (exact) mass is 390 g/mol. The number of imide groups is 1. The van der Waals surface area contributed by atoms with Gasteiger partial charge >= 0.3 is 6.09 Å². The average molecular weight is 390 g/mol. The van der Waals surface area contributed by atoms with Crippen LogP contribution in [0, 0.1) is 6.92 Å². The molecule has 0 radical (unpaired) electrons. The van der Waals surface area contributed by atoms with Crippen LogP contribution in [0.25, 0.3) is 6.08 Å². The van der Waals surface area contributed by atoms with Gasteiger partial charge in [0, 0.05) is 5.38 Å². The van der Waals surface area contributed by atoms with Crippen molar-refractivity contribution < 1.29 is 23.8 Å². The van der Waals surface area contributed by atoms with Crippen molar-refractivity contribution in [1.82, 2.24) is 9.88 Å². The normalized spacial score (nSPS) is 21.3. The van der Waals surface area contributed by atoms with Gasteiger partial charge in [-0.15, -0.1) is 11.3 Å². The van der Waals surface area contributed by atoms with E-state index < -0.39 is 42.5 Å². The summed E-state index contributed by atoms with van der Waals surface area (Å²) in [7, 11) is 0. The van der Waals surface area contributed by atoms with Crippen LogP contribution in [0.3, 0.4) is 0 Å². The molecule has 1 aromatic heterocycles. The number of aliphatic hydroxyl groups is 1. The van der Waals surface area contributed by atoms with E-state index in [1.54, 1.807) is 31.4 Å². The summed E-state index contributed by atoms with van der Waals surface area (Å²) in [5.74, 6) is -1.58. The van der Waals surface area contributed by atoms with E-state index in [4.69, 9.17) is 4.74 Å². The molecule has 2 aromatic rings. The summed E-state index contributed by atoms with van der Waals surface area (Å²) in [4.78, 5) is 29.6. The van der Waals surface area contributed by atoms with E-state index in [1.165, 1.54) is 11.3 Å². The van der Waals surface area contributed by atoms with E-state index in [2.05, 4.69) is 4.98 Å². The van der Waals surface area contributed by atoms with Crippen LogP contribution in [0.4, 0.5) is 9.18 Å². The number of rotatable bonds is 5. The van der Waals surface area contributed by atoms with Crippen molar-refractivity contribution in [3.63, 3.8) is 0 Å². The highest BCUT2D eigenvalue weighted by Crippen LogP contribution is 2.33. The number of halogens is 1. The summed E-state index contributed by atoms with van der Waals surface area (Å²) in [5.41, 5.74) is 1.14. The first-order valence-electron chi connectivity index (χ1n) is 8.41. The van der Waals surface area contributed by atoms with Crippen molar-refractivity contribution in [3.8, 4) is 0 Å². The molecule has 142 valence electrons. The van der Waals surface area contributed by atoms with Crippen molar-refractivity contribution in [2.75, 3.05) is 0 Å². The first-order valence-corrected chi connectivity index (χ1v) is 9.29. The Kier molecular flexibility index (Phi) is 5.67. The van der Waals surface area contributed by atoms with Gasteiger partial charge in [-0.05, 0) is 25.5 Å². The molecule has 3 rings (SSSR count). The summed E-state index contributed by atoms with van der Waals surface area (Å²) < 4.78 is 19.5. The first kappa shape index (κ1) is 19.2. The third-order valence-corrected chi connectivity index (χ3v) is 5.07. The van der Waals surface area contributed by atoms with Crippen molar-refractivity contribution >= 4 is 29.4 Å². The van der Waals surface area contributed by atoms with Gasteiger partial charge in [0.25, 0.3) is 0 Å². The second-order valence-electron chi connectivity index (χ2n) is 6.26. The largest absolute Gasteiger partial charge is 0.439 e. The molecule has 0 aliphatic carbocycles. The predicted octanol–water partition coefficient (Wildman–Crippen LogP) is 3.62. The zero-order valence-corrected chi connectivity index (χ0v) is 15.6. The Hall–Kier alpha value is -2.58. The maximum atomic E-state index is 14.2. The first-order chi connectivity index (χ1) is 12.9. The van der Waals surface area contributed by atoms with Crippen LogP contribution >= 0.6 is 11.3 Å². The second kappa shape index (κ2) is 7.98. The minimum absolute atomic E-state index is 0.375. The lowest BCUT2D eigenvalue weighted by Crippen LogP contribution is -2.39. The number of cyclic esters (lactones) is 1. The fraction of sp³-hybridized carbons (Fsp3) is 0.316. The fourth-order valence-corrected chi connectivity index (χ4v) is 3.50. The molecule has 1 fully saturated rings. The number of ether oxygens (including phenoxy) is 1. The lowest BCUT2D eigenvalue weighted by Gasteiger charge is -2.20. The molecular formula is C19H19FN2O4S. The summed E-state index contributed by atoms with van der Waals surface area (Å²) >= 11 is 1.35. The van der Waals surface area contributed by atoms with E-state index in [0.717, 1.165) is 21.5 Å². The third-order valence-electron chi connectivity index (χ3n) is 4.28. The number of benzene rings is 1. The zero-order valence-electron chi connectivity index (χ0n) is 14.8. The highest BCUT2D eigenvalue weighted by Gasteiger charge is 2.43. The molecule has 1 saturated heterocycles. The van der Waals surface area contributed by atoms with Gasteiger partial charge < -0.3 is 9.84 Å². The molecule has 3 atom stereocenters. The minimum atomic E-state index is -1.66. The molecule has 1 N–H and O–H groups in total. The molecule has 0 spiro atoms. The Labute approximate surface area is 159 Å². The van der Waals surface area contributed by atoms with Crippen molar-refractivity contribution in [2.45, 2.75) is 38.5 Å². The van der Waals surface area contributed by atoms with Crippen LogP contribution in [0.2, 0.25) is 0 Å². The maximum Gasteiger partial charge on any atom is 0.417 e. The maximum absolute atomic E-state index is 14.2. The van der Waals surface area contributed by atoms with E-state index in [1.807, 2.05) is 18.2 Å². The molecule has 8 heteroatoms. The molecule has 1 aliphatic heterocycles. The van der Waals surface area contributed by atoms with E-state index in [-0.39, 0.29) is 0 Å². The summed E-state index contributed by atoms with van der Waals surface area (Å²) in [5, 5.41) is 12.4. The lowest BCUT2D eigenvalue weighted by atomic mass is 10.0. The van der Waals surface area contributed by atoms with Crippen LogP contribution in [0.1, 0.15) is 35.7 Å². The molecule has 0 unspecified atom stereocenters. The molecule has 2 heterocycles. The predicted molar refractivity (Wildman–Crippen MR) is 98.5 cm³/mol. The Morgan fingerprint density at radius 1 is 1.44 bits per heavy atom. The smallest absolute Gasteiger partial charge is 0.417 e. The molecular weight excluding hydrogens is 371 g/mol. The summed E-state index contributed by atoms with van der Waals surface area (Å²) in [6.45, 7) is 3.46. The number of nitrogens with zero attached hydrogens (tertiary/aromatic N) is 2. The molecule has 1 aliphatic rings. The van der Waals surface area contributed by atoms with Gasteiger partial charge in [0.1, 0.15) is 18.0 Å². The van der Waals surface area contributed by atoms with Gasteiger partial charge in [-0.1, -0.05) is 30.3 Å². The number of aryl methyl sites for hydroxylation is 1. The van der Waals surface area contributed by atoms with Crippen molar-refractivity contribution in [3.05, 3.63) is 57.8 Å². The molecule has 2 amide bonds. The van der Waals surface area contributed by atoms with Gasteiger partial charge in [0.15, 0.2) is 0 Å². The number of amides is 2. The van der Waals surface area contributed by atoms with E-state index in [9.17, 15) is 19.1 Å². The average Bonchev–Trinajstić information content (AvgIpc) is 3.17. The van der Waals surface area contributed by atoms with Gasteiger partial charge in [0.2, 0.25) is 5.91 Å². The zero-order chi connectivity index (χ0) is 19.6. The number of aromatic nitrogens is 1. The topological polar surface area (TPSA) is 79.7 Å². The number of carbonyl (C=O) groups excluding carboxylic acids is 2. The Morgan fingerprint density at radius 3 is 2.78 bits per heavy atom. The molecule has 0 bridgehead atoms. The number of carbonyl (C=O) groups is 2. The third kappa shape index (κ3) is 4.23. The van der Waals surface area contributed by atoms with Gasteiger partial charge in [-0.3, -0.25) is 4.79 Å². The van der Waals surface area contributed by atoms with Gasteiger partial charge in [-0.2, -0.15) is 0 Å². The molecule has 1 aromatic carbocycles. The number of thiazole rings is 1. The van der Waals surface area contributed by atoms with Gasteiger partial charge in [0.05, 0.1) is 23.2 Å². The number of hydrogen-bond acceptors (Lipinski definition) is 6. The Morgan fingerprint density at radius 2 is 2.15 bits per heavy atom. The van der Waals surface area contributed by atoms with Crippen LogP contribution in [-0.4, -0.2) is 39.1 Å². The van der Waals surface area contributed by atoms with Crippen LogP contribution in [0.15, 0.2) is 41.5 Å². The highest BCUT2D eigenvalue weighted by molar-refractivity contribution is 7.09. The number of aliphatic hydroxyl groups excluding tert-OH is 1. The molecule has 6 nitrogen and oxygen atoms in total. The Bertz CT molecular complexity index is 868. The van der Waals surface area contributed by atoms with Crippen molar-refractivity contribution in [1.29, 1.82) is 0 Å². The van der Waals surface area contributed by atoms with Crippen molar-refractivity contribution in [2.24, 2.45) is 0 Å². The molecule has 27 heavy (non-hydrogen) atoms. The van der Waals surface area contributed by atoms with E-state index >= 15 is 0 Å². The molecule has 0 saturated carbocycles. The fourth-order valence-electron chi connectivity index (χ4n) is 2.93. The SMILES string of the molecule is Cc1nc(C=C(F)[C@@H](O)CC(=O)N2C(=O)O[C@H](c3ccccc3)[C@@H]2C)cs1. The standard InChI is InChI=1S/C19H19FN2O4S/c1-11-18(13-6-4-3-5-7-13)26-19(25)22(11)17(24)9-16(23)15(20)8-14-10-27-12(2)21-14/h3-8,10-11,16,18,23H,9H2,1-2H3/t11-,16-,18-/m0/s1. The Balaban J connectivity index is 1.68. The lowest BCUT2D eigenvalue weighted by molar-refractivity contribution is -0.130. The van der Waals surface area contributed by atoms with Crippen LogP contribution in [-0.2, 0) is 9.53 Å². The highest BCUT2D eigenvalue weighted by atomic mass is 32.1. The van der Waals surface area contributed by atoms with Crippen LogP contribution < -0.4 is 0 Å². The minimum Gasteiger partial charge on any atom is -0.439 e. The van der Waals surface area contributed by atoms with Crippen LogP contribution in [0.5, 0.6) is 0 Å². The quantitative estimate of drug-likeness (QED) is 0.843.